The number of rotatable bonds is 9. The van der Waals surface area contributed by atoms with Crippen molar-refractivity contribution in [2.24, 2.45) is 5.92 Å². The number of nitrogens with one attached hydrogen (secondary N) is 2. The SMILES string of the molecule is CN(C)c1nc(N[C@H]2CC[C@@H](NCC3CN(C(c4ccccc4)c4ccccc4)C3)CC2)nc2c1CCCC2. The third-order valence-corrected chi connectivity index (χ3v) is 8.92. The van der Waals surface area contributed by atoms with Gasteiger partial charge in [0.25, 0.3) is 0 Å². The highest BCUT2D eigenvalue weighted by Gasteiger charge is 2.34. The van der Waals surface area contributed by atoms with Crippen molar-refractivity contribution in [3.05, 3.63) is 83.0 Å². The Balaban J connectivity index is 0.977. The molecule has 0 spiro atoms. The Morgan fingerprint density at radius 3 is 2.08 bits per heavy atom. The molecule has 2 heterocycles. The number of nitrogens with zero attached hydrogens (tertiary/aromatic N) is 4. The predicted molar refractivity (Wildman–Crippen MR) is 160 cm³/mol. The van der Waals surface area contributed by atoms with Gasteiger partial charge in [0.2, 0.25) is 5.95 Å². The van der Waals surface area contributed by atoms with Crippen LogP contribution in [0.15, 0.2) is 60.7 Å². The van der Waals surface area contributed by atoms with Crippen molar-refractivity contribution in [2.75, 3.05) is 43.9 Å². The lowest BCUT2D eigenvalue weighted by Gasteiger charge is -2.45. The normalized spacial score (nSPS) is 21.8. The van der Waals surface area contributed by atoms with E-state index in [4.69, 9.17) is 9.97 Å². The van der Waals surface area contributed by atoms with E-state index in [0.717, 1.165) is 50.2 Å². The van der Waals surface area contributed by atoms with Gasteiger partial charge in [0, 0.05) is 51.4 Å². The fraction of sp³-hybridized carbons (Fsp3) is 0.515. The zero-order chi connectivity index (χ0) is 26.6. The van der Waals surface area contributed by atoms with Gasteiger partial charge in [0.1, 0.15) is 5.82 Å². The lowest BCUT2D eigenvalue weighted by atomic mass is 9.88. The fourth-order valence-electron chi connectivity index (χ4n) is 6.80. The third kappa shape index (κ3) is 6.12. The van der Waals surface area contributed by atoms with Crippen molar-refractivity contribution in [1.82, 2.24) is 20.2 Å². The molecule has 2 aliphatic carbocycles. The summed E-state index contributed by atoms with van der Waals surface area (Å²) in [5.41, 5.74) is 5.40. The summed E-state index contributed by atoms with van der Waals surface area (Å²) < 4.78 is 0. The molecule has 6 rings (SSSR count). The van der Waals surface area contributed by atoms with Gasteiger partial charge in [0.15, 0.2) is 0 Å². The Morgan fingerprint density at radius 1 is 0.821 bits per heavy atom. The molecular formula is C33H44N6. The zero-order valence-corrected chi connectivity index (χ0v) is 23.6. The van der Waals surface area contributed by atoms with Crippen LogP contribution in [0.25, 0.3) is 0 Å². The quantitative estimate of drug-likeness (QED) is 0.388. The van der Waals surface area contributed by atoms with Gasteiger partial charge in [-0.2, -0.15) is 4.98 Å². The zero-order valence-electron chi connectivity index (χ0n) is 23.6. The van der Waals surface area contributed by atoms with Gasteiger partial charge in [-0.15, -0.1) is 0 Å². The first-order valence-corrected chi connectivity index (χ1v) is 15.0. The van der Waals surface area contributed by atoms with Crippen molar-refractivity contribution in [3.8, 4) is 0 Å². The van der Waals surface area contributed by atoms with Crippen molar-refractivity contribution in [1.29, 1.82) is 0 Å². The number of aromatic nitrogens is 2. The van der Waals surface area contributed by atoms with Crippen LogP contribution in [0.5, 0.6) is 0 Å². The number of hydrogen-bond donors (Lipinski definition) is 2. The molecule has 0 amide bonds. The number of hydrogen-bond acceptors (Lipinski definition) is 6. The molecule has 1 saturated carbocycles. The summed E-state index contributed by atoms with van der Waals surface area (Å²) in [7, 11) is 4.20. The number of fused-ring (bicyclic) bond motifs is 1. The summed E-state index contributed by atoms with van der Waals surface area (Å²) in [4.78, 5) is 14.7. The Morgan fingerprint density at radius 2 is 1.44 bits per heavy atom. The molecule has 0 atom stereocenters. The van der Waals surface area contributed by atoms with Crippen LogP contribution < -0.4 is 15.5 Å². The Bertz CT molecular complexity index is 1160. The molecule has 39 heavy (non-hydrogen) atoms. The van der Waals surface area contributed by atoms with E-state index in [9.17, 15) is 0 Å². The maximum atomic E-state index is 4.94. The average Bonchev–Trinajstić information content (AvgIpc) is 2.95. The molecule has 3 aliphatic rings. The van der Waals surface area contributed by atoms with Gasteiger partial charge in [-0.3, -0.25) is 4.90 Å². The van der Waals surface area contributed by atoms with E-state index in [2.05, 4.69) is 95.2 Å². The second-order valence-electron chi connectivity index (χ2n) is 12.0. The predicted octanol–water partition coefficient (Wildman–Crippen LogP) is 5.46. The van der Waals surface area contributed by atoms with Crippen LogP contribution >= 0.6 is 0 Å². The van der Waals surface area contributed by atoms with Crippen LogP contribution in [-0.2, 0) is 12.8 Å². The van der Waals surface area contributed by atoms with Crippen LogP contribution in [0.1, 0.15) is 67.0 Å². The van der Waals surface area contributed by atoms with E-state index < -0.39 is 0 Å². The van der Waals surface area contributed by atoms with Crippen LogP contribution in [0.2, 0.25) is 0 Å². The smallest absolute Gasteiger partial charge is 0.225 e. The molecule has 0 bridgehead atoms. The molecule has 3 aromatic rings. The van der Waals surface area contributed by atoms with Crippen LogP contribution in [0, 0.1) is 5.92 Å². The standard InChI is InChI=1S/C33H44N6/c1-38(2)32-29-15-9-10-16-30(29)36-33(37-32)35-28-19-17-27(18-20-28)34-21-24-22-39(23-24)31(25-11-5-3-6-12-25)26-13-7-4-8-14-26/h3-8,11-14,24,27-28,31,34H,9-10,15-23H2,1-2H3,(H,35,36,37)/t27-,28+. The number of aryl methyl sites for hydroxylation is 1. The largest absolute Gasteiger partial charge is 0.362 e. The first kappa shape index (κ1) is 26.3. The number of likely N-dealkylation sites (tertiary alicyclic amines) is 1. The van der Waals surface area contributed by atoms with Gasteiger partial charge in [-0.25, -0.2) is 4.98 Å². The van der Waals surface area contributed by atoms with Crippen LogP contribution in [0.3, 0.4) is 0 Å². The molecule has 6 nitrogen and oxygen atoms in total. The topological polar surface area (TPSA) is 56.3 Å². The van der Waals surface area contributed by atoms with E-state index in [0.29, 0.717) is 18.1 Å². The van der Waals surface area contributed by atoms with Gasteiger partial charge in [-0.05, 0) is 68.4 Å². The molecule has 2 fully saturated rings. The van der Waals surface area contributed by atoms with Crippen molar-refractivity contribution in [3.63, 3.8) is 0 Å². The first-order chi connectivity index (χ1) is 19.1. The van der Waals surface area contributed by atoms with Gasteiger partial charge in [-0.1, -0.05) is 60.7 Å². The van der Waals surface area contributed by atoms with Gasteiger partial charge >= 0.3 is 0 Å². The molecule has 6 heteroatoms. The van der Waals surface area contributed by atoms with Crippen molar-refractivity contribution < 1.29 is 0 Å². The van der Waals surface area contributed by atoms with Crippen molar-refractivity contribution >= 4 is 11.8 Å². The third-order valence-electron chi connectivity index (χ3n) is 8.92. The lowest BCUT2D eigenvalue weighted by molar-refractivity contribution is 0.0656. The van der Waals surface area contributed by atoms with E-state index >= 15 is 0 Å². The number of anilines is 2. The lowest BCUT2D eigenvalue weighted by Crippen LogP contribution is -2.53. The Kier molecular flexibility index (Phi) is 8.12. The van der Waals surface area contributed by atoms with E-state index in [1.54, 1.807) is 0 Å². The van der Waals surface area contributed by atoms with E-state index in [-0.39, 0.29) is 0 Å². The minimum absolute atomic E-state index is 0.351. The monoisotopic (exact) mass is 524 g/mol. The highest BCUT2D eigenvalue weighted by atomic mass is 15.2. The maximum absolute atomic E-state index is 4.94. The fourth-order valence-corrected chi connectivity index (χ4v) is 6.80. The molecular weight excluding hydrogens is 480 g/mol. The molecule has 0 radical (unpaired) electrons. The second kappa shape index (κ2) is 12.1. The summed E-state index contributed by atoms with van der Waals surface area (Å²) in [6.45, 7) is 3.43. The second-order valence-corrected chi connectivity index (χ2v) is 12.0. The minimum Gasteiger partial charge on any atom is -0.362 e. The van der Waals surface area contributed by atoms with Crippen LogP contribution in [-0.4, -0.2) is 60.7 Å². The molecule has 1 aromatic heterocycles. The van der Waals surface area contributed by atoms with Gasteiger partial charge < -0.3 is 15.5 Å². The Hall–Kier alpha value is -2.96. The van der Waals surface area contributed by atoms with E-state index in [1.807, 2.05) is 0 Å². The summed E-state index contributed by atoms with van der Waals surface area (Å²) in [5, 5.41) is 7.62. The molecule has 0 unspecified atom stereocenters. The summed E-state index contributed by atoms with van der Waals surface area (Å²) in [6.07, 6.45) is 9.47. The Labute approximate surface area is 234 Å². The molecule has 2 aromatic carbocycles. The van der Waals surface area contributed by atoms with Gasteiger partial charge in [0.05, 0.1) is 11.7 Å². The van der Waals surface area contributed by atoms with Crippen molar-refractivity contribution in [2.45, 2.75) is 69.5 Å². The van der Waals surface area contributed by atoms with Crippen LogP contribution in [0.4, 0.5) is 11.8 Å². The molecule has 206 valence electrons. The average molecular weight is 525 g/mol. The highest BCUT2D eigenvalue weighted by Crippen LogP contribution is 2.34. The molecule has 2 N–H and O–H groups in total. The number of benzene rings is 2. The summed E-state index contributed by atoms with van der Waals surface area (Å²) in [5.74, 6) is 2.66. The first-order valence-electron chi connectivity index (χ1n) is 15.0. The highest BCUT2D eigenvalue weighted by molar-refractivity contribution is 5.53. The molecule has 1 saturated heterocycles. The van der Waals surface area contributed by atoms with E-state index in [1.165, 1.54) is 60.9 Å². The molecule has 1 aliphatic heterocycles. The minimum atomic E-state index is 0.351. The summed E-state index contributed by atoms with van der Waals surface area (Å²) >= 11 is 0. The summed E-state index contributed by atoms with van der Waals surface area (Å²) in [6, 6.07) is 23.4. The maximum Gasteiger partial charge on any atom is 0.225 e.